The van der Waals surface area contributed by atoms with Crippen molar-refractivity contribution >= 4 is 0 Å². The maximum Gasteiger partial charge on any atom is 0.119 e. The molecule has 0 amide bonds. The van der Waals surface area contributed by atoms with Gasteiger partial charge in [-0.1, -0.05) is 39.3 Å². The molecule has 19 heavy (non-hydrogen) atoms. The van der Waals surface area contributed by atoms with Gasteiger partial charge in [-0.3, -0.25) is 0 Å². The molecule has 0 saturated carbocycles. The quantitative estimate of drug-likeness (QED) is 0.643. The summed E-state index contributed by atoms with van der Waals surface area (Å²) in [7, 11) is 0. The fraction of sp³-hybridized carbons (Fsp3) is 0.647. The summed E-state index contributed by atoms with van der Waals surface area (Å²) < 4.78 is 5.74. The Hall–Kier alpha value is -1.02. The van der Waals surface area contributed by atoms with E-state index in [0.717, 1.165) is 44.2 Å². The van der Waals surface area contributed by atoms with Crippen LogP contribution < -0.4 is 10.1 Å². The second-order valence-electron chi connectivity index (χ2n) is 5.55. The molecular formula is C17H29NO. The van der Waals surface area contributed by atoms with Crippen LogP contribution in [0.2, 0.25) is 0 Å². The van der Waals surface area contributed by atoms with Gasteiger partial charge in [0.1, 0.15) is 5.75 Å². The molecular weight excluding hydrogens is 234 g/mol. The van der Waals surface area contributed by atoms with Gasteiger partial charge >= 0.3 is 0 Å². The summed E-state index contributed by atoms with van der Waals surface area (Å²) in [4.78, 5) is 0. The lowest BCUT2D eigenvalue weighted by Gasteiger charge is -2.08. The third-order valence-corrected chi connectivity index (χ3v) is 3.03. The summed E-state index contributed by atoms with van der Waals surface area (Å²) in [5.41, 5.74) is 1.40. The highest BCUT2D eigenvalue weighted by Crippen LogP contribution is 2.13. The molecule has 0 aliphatic heterocycles. The van der Waals surface area contributed by atoms with Crippen molar-refractivity contribution in [1.82, 2.24) is 5.32 Å². The second-order valence-corrected chi connectivity index (χ2v) is 5.55. The number of aryl methyl sites for hydroxylation is 1. The van der Waals surface area contributed by atoms with E-state index >= 15 is 0 Å². The molecule has 0 fully saturated rings. The maximum absolute atomic E-state index is 5.74. The predicted molar refractivity (Wildman–Crippen MR) is 82.9 cm³/mol. The Labute approximate surface area is 118 Å². The van der Waals surface area contributed by atoms with Crippen molar-refractivity contribution in [2.45, 2.75) is 46.5 Å². The first-order valence-electron chi connectivity index (χ1n) is 7.64. The first kappa shape index (κ1) is 16.0. The van der Waals surface area contributed by atoms with Gasteiger partial charge in [-0.05, 0) is 56.0 Å². The maximum atomic E-state index is 5.74. The van der Waals surface area contributed by atoms with Gasteiger partial charge in [0.25, 0.3) is 0 Å². The van der Waals surface area contributed by atoms with Crippen LogP contribution in [0.1, 0.15) is 45.6 Å². The Morgan fingerprint density at radius 2 is 1.84 bits per heavy atom. The summed E-state index contributed by atoms with van der Waals surface area (Å²) in [5, 5.41) is 3.45. The summed E-state index contributed by atoms with van der Waals surface area (Å²) in [5.74, 6) is 1.73. The highest BCUT2D eigenvalue weighted by atomic mass is 16.5. The first-order chi connectivity index (χ1) is 9.22. The van der Waals surface area contributed by atoms with Gasteiger partial charge in [-0.2, -0.15) is 0 Å². The monoisotopic (exact) mass is 263 g/mol. The fourth-order valence-corrected chi connectivity index (χ4v) is 1.97. The summed E-state index contributed by atoms with van der Waals surface area (Å²) in [6.07, 6.45) is 4.65. The lowest BCUT2D eigenvalue weighted by Crippen LogP contribution is -2.21. The molecule has 0 radical (unpaired) electrons. The van der Waals surface area contributed by atoms with Crippen LogP contribution in [-0.4, -0.2) is 19.7 Å². The van der Waals surface area contributed by atoms with E-state index in [1.54, 1.807) is 0 Å². The van der Waals surface area contributed by atoms with Crippen molar-refractivity contribution in [1.29, 1.82) is 0 Å². The topological polar surface area (TPSA) is 21.3 Å². The van der Waals surface area contributed by atoms with E-state index in [0.29, 0.717) is 0 Å². The van der Waals surface area contributed by atoms with Gasteiger partial charge in [0, 0.05) is 0 Å². The number of nitrogens with one attached hydrogen (secondary N) is 1. The molecule has 0 aliphatic rings. The van der Waals surface area contributed by atoms with Crippen LogP contribution >= 0.6 is 0 Å². The summed E-state index contributed by atoms with van der Waals surface area (Å²) >= 11 is 0. The number of benzene rings is 1. The standard InChI is InChI=1S/C17H29NO/c1-4-7-16-8-10-17(11-9-16)19-13-6-5-12-18-14-15(2)3/h8-11,15,18H,4-7,12-14H2,1-3H3. The molecule has 2 nitrogen and oxygen atoms in total. The van der Waals surface area contributed by atoms with E-state index in [1.165, 1.54) is 18.4 Å². The Bertz CT molecular complexity index is 319. The zero-order valence-electron chi connectivity index (χ0n) is 12.7. The minimum absolute atomic E-state index is 0.734. The van der Waals surface area contributed by atoms with E-state index in [4.69, 9.17) is 4.74 Å². The van der Waals surface area contributed by atoms with Crippen molar-refractivity contribution < 1.29 is 4.74 Å². The van der Waals surface area contributed by atoms with E-state index in [1.807, 2.05) is 0 Å². The molecule has 0 aromatic heterocycles. The predicted octanol–water partition coefficient (Wildman–Crippen LogP) is 4.04. The van der Waals surface area contributed by atoms with Gasteiger partial charge in [0.05, 0.1) is 6.61 Å². The van der Waals surface area contributed by atoms with E-state index in [-0.39, 0.29) is 0 Å². The van der Waals surface area contributed by atoms with Crippen molar-refractivity contribution in [3.63, 3.8) is 0 Å². The number of hydrogen-bond acceptors (Lipinski definition) is 2. The van der Waals surface area contributed by atoms with E-state index in [2.05, 4.69) is 50.4 Å². The van der Waals surface area contributed by atoms with Crippen molar-refractivity contribution in [2.75, 3.05) is 19.7 Å². The van der Waals surface area contributed by atoms with Gasteiger partial charge in [-0.25, -0.2) is 0 Å². The zero-order valence-corrected chi connectivity index (χ0v) is 12.7. The van der Waals surface area contributed by atoms with Crippen LogP contribution in [0.4, 0.5) is 0 Å². The molecule has 0 atom stereocenters. The van der Waals surface area contributed by atoms with Crippen LogP contribution in [0.3, 0.4) is 0 Å². The number of unbranched alkanes of at least 4 members (excludes halogenated alkanes) is 1. The van der Waals surface area contributed by atoms with Gasteiger partial charge < -0.3 is 10.1 Å². The van der Waals surface area contributed by atoms with Crippen LogP contribution in [-0.2, 0) is 6.42 Å². The van der Waals surface area contributed by atoms with E-state index in [9.17, 15) is 0 Å². The van der Waals surface area contributed by atoms with E-state index < -0.39 is 0 Å². The molecule has 1 aromatic rings. The average Bonchev–Trinajstić information content (AvgIpc) is 2.39. The minimum atomic E-state index is 0.734. The zero-order chi connectivity index (χ0) is 13.9. The fourth-order valence-electron chi connectivity index (χ4n) is 1.97. The van der Waals surface area contributed by atoms with Crippen LogP contribution in [0.25, 0.3) is 0 Å². The smallest absolute Gasteiger partial charge is 0.119 e. The molecule has 1 aromatic carbocycles. The normalized spacial score (nSPS) is 10.9. The second kappa shape index (κ2) is 9.85. The molecule has 0 saturated heterocycles. The van der Waals surface area contributed by atoms with Crippen LogP contribution in [0.5, 0.6) is 5.75 Å². The van der Waals surface area contributed by atoms with Crippen molar-refractivity contribution in [3.05, 3.63) is 29.8 Å². The molecule has 108 valence electrons. The molecule has 1 N–H and O–H groups in total. The lowest BCUT2D eigenvalue weighted by atomic mass is 10.1. The summed E-state index contributed by atoms with van der Waals surface area (Å²) in [6.45, 7) is 9.70. The molecule has 0 spiro atoms. The molecule has 0 aliphatic carbocycles. The number of ether oxygens (including phenoxy) is 1. The third-order valence-electron chi connectivity index (χ3n) is 3.03. The Morgan fingerprint density at radius 3 is 2.47 bits per heavy atom. The van der Waals surface area contributed by atoms with Crippen molar-refractivity contribution in [3.8, 4) is 5.75 Å². The van der Waals surface area contributed by atoms with Crippen molar-refractivity contribution in [2.24, 2.45) is 5.92 Å². The molecule has 0 heterocycles. The number of hydrogen-bond donors (Lipinski definition) is 1. The Balaban J connectivity index is 2.05. The SMILES string of the molecule is CCCc1ccc(OCCCCNCC(C)C)cc1. The molecule has 0 bridgehead atoms. The first-order valence-corrected chi connectivity index (χ1v) is 7.64. The average molecular weight is 263 g/mol. The van der Waals surface area contributed by atoms with Gasteiger partial charge in [0.15, 0.2) is 0 Å². The molecule has 2 heteroatoms. The molecule has 0 unspecified atom stereocenters. The van der Waals surface area contributed by atoms with Gasteiger partial charge in [0.2, 0.25) is 0 Å². The third kappa shape index (κ3) is 7.89. The molecule has 1 rings (SSSR count). The van der Waals surface area contributed by atoms with Crippen LogP contribution in [0.15, 0.2) is 24.3 Å². The Morgan fingerprint density at radius 1 is 1.11 bits per heavy atom. The number of rotatable bonds is 10. The largest absolute Gasteiger partial charge is 0.494 e. The van der Waals surface area contributed by atoms with Crippen LogP contribution in [0, 0.1) is 5.92 Å². The van der Waals surface area contributed by atoms with Gasteiger partial charge in [-0.15, -0.1) is 0 Å². The highest BCUT2D eigenvalue weighted by Gasteiger charge is 1.96. The minimum Gasteiger partial charge on any atom is -0.494 e. The highest BCUT2D eigenvalue weighted by molar-refractivity contribution is 5.27. The summed E-state index contributed by atoms with van der Waals surface area (Å²) in [6, 6.07) is 8.51. The Kier molecular flexibility index (Phi) is 8.31. The lowest BCUT2D eigenvalue weighted by molar-refractivity contribution is 0.305.